The molecule has 1 heterocycles. The third-order valence-electron chi connectivity index (χ3n) is 3.26. The van der Waals surface area contributed by atoms with Gasteiger partial charge in [0, 0.05) is 17.1 Å². The molecule has 0 aliphatic heterocycles. The Labute approximate surface area is 138 Å². The van der Waals surface area contributed by atoms with Crippen LogP contribution in [0.5, 0.6) is 0 Å². The van der Waals surface area contributed by atoms with Crippen molar-refractivity contribution in [2.75, 3.05) is 6.54 Å². The minimum Gasteiger partial charge on any atom is -0.347 e. The molecule has 0 aliphatic rings. The highest BCUT2D eigenvalue weighted by molar-refractivity contribution is 6.30. The van der Waals surface area contributed by atoms with Crippen molar-refractivity contribution in [1.82, 2.24) is 15.5 Å². The lowest BCUT2D eigenvalue weighted by atomic mass is 10.1. The number of rotatable bonds is 5. The number of nitrogens with one attached hydrogen (secondary N) is 1. The quantitative estimate of drug-likeness (QED) is 0.780. The van der Waals surface area contributed by atoms with Gasteiger partial charge in [-0.05, 0) is 24.1 Å². The van der Waals surface area contributed by atoms with E-state index in [1.807, 2.05) is 54.6 Å². The SMILES string of the molecule is O=C(NCCc1ccc(Cl)cc1)c1nc(-c2ccccc2)no1. The van der Waals surface area contributed by atoms with Gasteiger partial charge in [-0.15, -0.1) is 0 Å². The van der Waals surface area contributed by atoms with E-state index in [1.165, 1.54) is 0 Å². The Bertz CT molecular complexity index is 785. The van der Waals surface area contributed by atoms with Gasteiger partial charge in [-0.2, -0.15) is 4.98 Å². The summed E-state index contributed by atoms with van der Waals surface area (Å²) in [5.41, 5.74) is 1.89. The minimum absolute atomic E-state index is 0.0417. The molecule has 2 aromatic carbocycles. The zero-order valence-corrected chi connectivity index (χ0v) is 13.0. The van der Waals surface area contributed by atoms with E-state index in [0.717, 1.165) is 11.1 Å². The van der Waals surface area contributed by atoms with E-state index in [-0.39, 0.29) is 11.8 Å². The number of carbonyl (C=O) groups is 1. The average molecular weight is 328 g/mol. The molecule has 0 aliphatic carbocycles. The molecule has 1 amide bonds. The Hall–Kier alpha value is -2.66. The van der Waals surface area contributed by atoms with Crippen molar-refractivity contribution < 1.29 is 9.32 Å². The van der Waals surface area contributed by atoms with Gasteiger partial charge in [-0.3, -0.25) is 4.79 Å². The number of aromatic nitrogens is 2. The number of amides is 1. The van der Waals surface area contributed by atoms with Crippen molar-refractivity contribution in [3.63, 3.8) is 0 Å². The van der Waals surface area contributed by atoms with Gasteiger partial charge < -0.3 is 9.84 Å². The second kappa shape index (κ2) is 7.07. The summed E-state index contributed by atoms with van der Waals surface area (Å²) in [6, 6.07) is 16.8. The lowest BCUT2D eigenvalue weighted by molar-refractivity contribution is 0.0910. The molecule has 0 saturated heterocycles. The Morgan fingerprint density at radius 1 is 1.09 bits per heavy atom. The molecule has 23 heavy (non-hydrogen) atoms. The standard InChI is InChI=1S/C17H14ClN3O2/c18-14-8-6-12(7-9-14)10-11-19-16(22)17-20-15(21-23-17)13-4-2-1-3-5-13/h1-9H,10-11H2,(H,19,22). The van der Waals surface area contributed by atoms with E-state index >= 15 is 0 Å². The van der Waals surface area contributed by atoms with Crippen LogP contribution in [0.3, 0.4) is 0 Å². The second-order valence-corrected chi connectivity index (χ2v) is 5.36. The molecule has 6 heteroatoms. The first kappa shape index (κ1) is 15.2. The molecule has 0 bridgehead atoms. The van der Waals surface area contributed by atoms with Crippen LogP contribution >= 0.6 is 11.6 Å². The van der Waals surface area contributed by atoms with Crippen molar-refractivity contribution in [2.45, 2.75) is 6.42 Å². The Morgan fingerprint density at radius 3 is 2.57 bits per heavy atom. The molecule has 1 N–H and O–H groups in total. The van der Waals surface area contributed by atoms with Gasteiger partial charge in [0.25, 0.3) is 0 Å². The van der Waals surface area contributed by atoms with Gasteiger partial charge in [0.1, 0.15) is 0 Å². The van der Waals surface area contributed by atoms with Crippen LogP contribution in [-0.2, 0) is 6.42 Å². The Morgan fingerprint density at radius 2 is 1.83 bits per heavy atom. The maximum Gasteiger partial charge on any atom is 0.316 e. The molecule has 0 saturated carbocycles. The molecular formula is C17H14ClN3O2. The van der Waals surface area contributed by atoms with Crippen molar-refractivity contribution >= 4 is 17.5 Å². The Balaban J connectivity index is 1.56. The monoisotopic (exact) mass is 327 g/mol. The van der Waals surface area contributed by atoms with Crippen molar-refractivity contribution in [2.24, 2.45) is 0 Å². The second-order valence-electron chi connectivity index (χ2n) is 4.92. The van der Waals surface area contributed by atoms with Crippen LogP contribution in [0.15, 0.2) is 59.1 Å². The third kappa shape index (κ3) is 3.96. The molecule has 3 rings (SSSR count). The molecule has 116 valence electrons. The fourth-order valence-corrected chi connectivity index (χ4v) is 2.19. The van der Waals surface area contributed by atoms with Gasteiger partial charge in [0.15, 0.2) is 0 Å². The molecule has 0 atom stereocenters. The summed E-state index contributed by atoms with van der Waals surface area (Å²) in [4.78, 5) is 16.1. The van der Waals surface area contributed by atoms with Gasteiger partial charge in [-0.1, -0.05) is 59.2 Å². The number of hydrogen-bond donors (Lipinski definition) is 1. The molecule has 0 spiro atoms. The number of benzene rings is 2. The number of hydrogen-bond acceptors (Lipinski definition) is 4. The van der Waals surface area contributed by atoms with E-state index in [1.54, 1.807) is 0 Å². The largest absolute Gasteiger partial charge is 0.347 e. The number of halogens is 1. The smallest absolute Gasteiger partial charge is 0.316 e. The summed E-state index contributed by atoms with van der Waals surface area (Å²) in [7, 11) is 0. The van der Waals surface area contributed by atoms with Gasteiger partial charge in [0.2, 0.25) is 5.82 Å². The first-order valence-corrected chi connectivity index (χ1v) is 7.52. The summed E-state index contributed by atoms with van der Waals surface area (Å²) >= 11 is 5.83. The molecule has 5 nitrogen and oxygen atoms in total. The summed E-state index contributed by atoms with van der Waals surface area (Å²) in [6.45, 7) is 0.476. The highest BCUT2D eigenvalue weighted by Gasteiger charge is 2.15. The molecular weight excluding hydrogens is 314 g/mol. The van der Waals surface area contributed by atoms with Crippen LogP contribution in [0.2, 0.25) is 5.02 Å². The van der Waals surface area contributed by atoms with Crippen molar-refractivity contribution in [1.29, 1.82) is 0 Å². The molecule has 0 unspecified atom stereocenters. The number of nitrogens with zero attached hydrogens (tertiary/aromatic N) is 2. The van der Waals surface area contributed by atoms with Crippen LogP contribution in [0.4, 0.5) is 0 Å². The predicted octanol–water partition coefficient (Wildman–Crippen LogP) is 3.36. The van der Waals surface area contributed by atoms with Gasteiger partial charge in [-0.25, -0.2) is 0 Å². The van der Waals surface area contributed by atoms with Crippen LogP contribution in [0.1, 0.15) is 16.2 Å². The lowest BCUT2D eigenvalue weighted by Gasteiger charge is -2.02. The van der Waals surface area contributed by atoms with Crippen LogP contribution in [-0.4, -0.2) is 22.6 Å². The summed E-state index contributed by atoms with van der Waals surface area (Å²) in [6.07, 6.45) is 0.697. The zero-order chi connectivity index (χ0) is 16.1. The molecule has 0 fully saturated rings. The van der Waals surface area contributed by atoms with Crippen LogP contribution < -0.4 is 5.32 Å². The molecule has 1 aromatic heterocycles. The van der Waals surface area contributed by atoms with Crippen molar-refractivity contribution in [3.05, 3.63) is 71.1 Å². The molecule has 3 aromatic rings. The summed E-state index contributed by atoms with van der Waals surface area (Å²) in [5.74, 6) is -0.0259. The van der Waals surface area contributed by atoms with Gasteiger partial charge in [0.05, 0.1) is 0 Å². The maximum absolute atomic E-state index is 12.0. The fraction of sp³-hybridized carbons (Fsp3) is 0.118. The first-order chi connectivity index (χ1) is 11.2. The van der Waals surface area contributed by atoms with Crippen LogP contribution in [0.25, 0.3) is 11.4 Å². The van der Waals surface area contributed by atoms with E-state index in [4.69, 9.17) is 16.1 Å². The zero-order valence-electron chi connectivity index (χ0n) is 12.2. The summed E-state index contributed by atoms with van der Waals surface area (Å²) < 4.78 is 5.01. The summed E-state index contributed by atoms with van der Waals surface area (Å²) in [5, 5.41) is 7.27. The highest BCUT2D eigenvalue weighted by atomic mass is 35.5. The molecule has 0 radical (unpaired) electrons. The predicted molar refractivity (Wildman–Crippen MR) is 87.2 cm³/mol. The minimum atomic E-state index is -0.381. The fourth-order valence-electron chi connectivity index (χ4n) is 2.07. The van der Waals surface area contributed by atoms with Crippen molar-refractivity contribution in [3.8, 4) is 11.4 Å². The van der Waals surface area contributed by atoms with E-state index in [0.29, 0.717) is 23.8 Å². The van der Waals surface area contributed by atoms with E-state index in [9.17, 15) is 4.79 Å². The van der Waals surface area contributed by atoms with E-state index in [2.05, 4.69) is 15.5 Å². The maximum atomic E-state index is 12.0. The average Bonchev–Trinajstić information content (AvgIpc) is 3.07. The topological polar surface area (TPSA) is 68.0 Å². The lowest BCUT2D eigenvalue weighted by Crippen LogP contribution is -2.25. The first-order valence-electron chi connectivity index (χ1n) is 7.14. The third-order valence-corrected chi connectivity index (χ3v) is 3.52. The highest BCUT2D eigenvalue weighted by Crippen LogP contribution is 2.14. The van der Waals surface area contributed by atoms with Gasteiger partial charge >= 0.3 is 11.8 Å². The normalized spacial score (nSPS) is 10.5. The Kier molecular flexibility index (Phi) is 4.68. The van der Waals surface area contributed by atoms with E-state index < -0.39 is 0 Å². The number of carbonyl (C=O) groups excluding carboxylic acids is 1. The van der Waals surface area contributed by atoms with Crippen LogP contribution in [0, 0.1) is 0 Å².